The first-order chi connectivity index (χ1) is 10.6. The third-order valence-corrected chi connectivity index (χ3v) is 3.58. The van der Waals surface area contributed by atoms with Gasteiger partial charge in [0.1, 0.15) is 11.9 Å². The van der Waals surface area contributed by atoms with Crippen LogP contribution in [0.15, 0.2) is 54.6 Å². The lowest BCUT2D eigenvalue weighted by Gasteiger charge is -2.12. The number of aryl methyl sites for hydroxylation is 1. The maximum atomic E-state index is 5.93. The minimum absolute atomic E-state index is 0.0993. The fraction of sp³-hybridized carbons (Fsp3) is 0.167. The molecule has 3 N–H and O–H groups in total. The van der Waals surface area contributed by atoms with Crippen molar-refractivity contribution >= 4 is 5.69 Å². The van der Waals surface area contributed by atoms with Gasteiger partial charge in [-0.3, -0.25) is 5.10 Å². The fourth-order valence-electron chi connectivity index (χ4n) is 2.23. The molecule has 3 rings (SSSR count). The van der Waals surface area contributed by atoms with Crippen molar-refractivity contribution in [3.05, 3.63) is 65.9 Å². The standard InChI is InChI=1S/C18H19N3O/c1-12-3-9-16(10-4-12)22-13(2)17-11-18(21-20-17)14-5-7-15(19)8-6-14/h3-11,13H,19H2,1-2H3,(H,20,21). The molecule has 0 aliphatic carbocycles. The van der Waals surface area contributed by atoms with Crippen molar-refractivity contribution in [2.24, 2.45) is 0 Å². The number of H-pyrrole nitrogens is 1. The van der Waals surface area contributed by atoms with Gasteiger partial charge in [-0.15, -0.1) is 0 Å². The number of nitrogen functional groups attached to an aromatic ring is 1. The number of anilines is 1. The Morgan fingerprint density at radius 1 is 1.05 bits per heavy atom. The van der Waals surface area contributed by atoms with Gasteiger partial charge in [0.15, 0.2) is 0 Å². The van der Waals surface area contributed by atoms with Gasteiger partial charge in [-0.2, -0.15) is 5.10 Å². The Kier molecular flexibility index (Phi) is 3.83. The van der Waals surface area contributed by atoms with Crippen LogP contribution in [0, 0.1) is 6.92 Å². The Morgan fingerprint density at radius 2 is 1.73 bits per heavy atom. The highest BCUT2D eigenvalue weighted by molar-refractivity contribution is 5.62. The van der Waals surface area contributed by atoms with Gasteiger partial charge in [-0.25, -0.2) is 0 Å². The van der Waals surface area contributed by atoms with Gasteiger partial charge in [-0.1, -0.05) is 29.8 Å². The van der Waals surface area contributed by atoms with E-state index in [4.69, 9.17) is 10.5 Å². The molecule has 0 spiro atoms. The predicted octanol–water partition coefficient (Wildman–Crippen LogP) is 4.11. The van der Waals surface area contributed by atoms with Gasteiger partial charge in [-0.05, 0) is 44.2 Å². The van der Waals surface area contributed by atoms with Crippen molar-refractivity contribution < 1.29 is 4.74 Å². The van der Waals surface area contributed by atoms with Crippen molar-refractivity contribution in [3.63, 3.8) is 0 Å². The summed E-state index contributed by atoms with van der Waals surface area (Å²) in [4.78, 5) is 0. The summed E-state index contributed by atoms with van der Waals surface area (Å²) in [5.41, 5.74) is 10.5. The monoisotopic (exact) mass is 293 g/mol. The number of benzene rings is 2. The van der Waals surface area contributed by atoms with E-state index in [1.54, 1.807) is 0 Å². The Bertz CT molecular complexity index is 745. The molecule has 112 valence electrons. The van der Waals surface area contributed by atoms with Crippen molar-refractivity contribution in [1.82, 2.24) is 10.2 Å². The normalized spacial score (nSPS) is 12.1. The lowest BCUT2D eigenvalue weighted by molar-refractivity contribution is 0.222. The summed E-state index contributed by atoms with van der Waals surface area (Å²) in [6.45, 7) is 4.06. The van der Waals surface area contributed by atoms with E-state index in [1.807, 2.05) is 61.5 Å². The average molecular weight is 293 g/mol. The molecule has 2 aromatic carbocycles. The second-order valence-electron chi connectivity index (χ2n) is 5.40. The van der Waals surface area contributed by atoms with Gasteiger partial charge >= 0.3 is 0 Å². The maximum absolute atomic E-state index is 5.93. The zero-order valence-electron chi connectivity index (χ0n) is 12.7. The van der Waals surface area contributed by atoms with E-state index < -0.39 is 0 Å². The van der Waals surface area contributed by atoms with Gasteiger partial charge in [0.25, 0.3) is 0 Å². The highest BCUT2D eigenvalue weighted by atomic mass is 16.5. The third-order valence-electron chi connectivity index (χ3n) is 3.58. The minimum Gasteiger partial charge on any atom is -0.484 e. The van der Waals surface area contributed by atoms with Crippen LogP contribution in [0.25, 0.3) is 11.3 Å². The number of nitrogens with two attached hydrogens (primary N) is 1. The van der Waals surface area contributed by atoms with Gasteiger partial charge in [0, 0.05) is 11.3 Å². The van der Waals surface area contributed by atoms with E-state index in [2.05, 4.69) is 17.1 Å². The van der Waals surface area contributed by atoms with Crippen LogP contribution in [0.4, 0.5) is 5.69 Å². The third kappa shape index (κ3) is 3.11. The van der Waals surface area contributed by atoms with Crippen LogP contribution < -0.4 is 10.5 Å². The molecule has 0 saturated heterocycles. The quantitative estimate of drug-likeness (QED) is 0.712. The van der Waals surface area contributed by atoms with Crippen molar-refractivity contribution in [3.8, 4) is 17.0 Å². The molecular formula is C18H19N3O. The summed E-state index contributed by atoms with van der Waals surface area (Å²) >= 11 is 0. The Hall–Kier alpha value is -2.75. The van der Waals surface area contributed by atoms with Crippen molar-refractivity contribution in [2.75, 3.05) is 5.73 Å². The van der Waals surface area contributed by atoms with E-state index in [9.17, 15) is 0 Å². The first-order valence-electron chi connectivity index (χ1n) is 7.26. The highest BCUT2D eigenvalue weighted by Crippen LogP contribution is 2.25. The molecule has 1 heterocycles. The molecule has 1 unspecified atom stereocenters. The number of rotatable bonds is 4. The molecule has 0 aliphatic heterocycles. The first kappa shape index (κ1) is 14.2. The zero-order valence-corrected chi connectivity index (χ0v) is 12.7. The van der Waals surface area contributed by atoms with Crippen LogP contribution >= 0.6 is 0 Å². The lowest BCUT2D eigenvalue weighted by Crippen LogP contribution is -2.03. The second-order valence-corrected chi connectivity index (χ2v) is 5.40. The zero-order chi connectivity index (χ0) is 15.5. The number of hydrogen-bond donors (Lipinski definition) is 2. The lowest BCUT2D eigenvalue weighted by atomic mass is 10.1. The summed E-state index contributed by atoms with van der Waals surface area (Å²) in [5.74, 6) is 0.849. The molecule has 1 aromatic heterocycles. The first-order valence-corrected chi connectivity index (χ1v) is 7.26. The molecule has 0 fully saturated rings. The van der Waals surface area contributed by atoms with Gasteiger partial charge in [0.2, 0.25) is 0 Å². The summed E-state index contributed by atoms with van der Waals surface area (Å²) < 4.78 is 5.93. The van der Waals surface area contributed by atoms with Crippen LogP contribution in [0.1, 0.15) is 24.3 Å². The molecule has 4 nitrogen and oxygen atoms in total. The Balaban J connectivity index is 1.75. The number of ether oxygens (including phenoxy) is 1. The molecule has 0 aliphatic rings. The Labute approximate surface area is 129 Å². The molecule has 0 amide bonds. The van der Waals surface area contributed by atoms with E-state index in [0.29, 0.717) is 0 Å². The number of aromatic nitrogens is 2. The number of aromatic amines is 1. The van der Waals surface area contributed by atoms with E-state index in [1.165, 1.54) is 5.56 Å². The van der Waals surface area contributed by atoms with Crippen LogP contribution in [0.5, 0.6) is 5.75 Å². The van der Waals surface area contributed by atoms with E-state index in [-0.39, 0.29) is 6.10 Å². The maximum Gasteiger partial charge on any atom is 0.137 e. The topological polar surface area (TPSA) is 63.9 Å². The SMILES string of the molecule is Cc1ccc(OC(C)c2cc(-c3ccc(N)cc3)n[nH]2)cc1. The highest BCUT2D eigenvalue weighted by Gasteiger charge is 2.12. The Morgan fingerprint density at radius 3 is 2.41 bits per heavy atom. The van der Waals surface area contributed by atoms with Crippen molar-refractivity contribution in [1.29, 1.82) is 0 Å². The summed E-state index contributed by atoms with van der Waals surface area (Å²) in [7, 11) is 0. The van der Waals surface area contributed by atoms with Gasteiger partial charge < -0.3 is 10.5 Å². The van der Waals surface area contributed by atoms with Crippen LogP contribution in [0.2, 0.25) is 0 Å². The average Bonchev–Trinajstić information content (AvgIpc) is 3.00. The van der Waals surface area contributed by atoms with Crippen LogP contribution in [0.3, 0.4) is 0 Å². The number of nitrogens with one attached hydrogen (secondary N) is 1. The smallest absolute Gasteiger partial charge is 0.137 e. The fourth-order valence-corrected chi connectivity index (χ4v) is 2.23. The number of hydrogen-bond acceptors (Lipinski definition) is 3. The van der Waals surface area contributed by atoms with Gasteiger partial charge in [0.05, 0.1) is 11.4 Å². The van der Waals surface area contributed by atoms with Crippen molar-refractivity contribution in [2.45, 2.75) is 20.0 Å². The number of nitrogens with zero attached hydrogens (tertiary/aromatic N) is 1. The molecule has 1 atom stereocenters. The van der Waals surface area contributed by atoms with Crippen LogP contribution in [-0.2, 0) is 0 Å². The summed E-state index contributed by atoms with van der Waals surface area (Å²) in [6.07, 6.45) is -0.0993. The summed E-state index contributed by atoms with van der Waals surface area (Å²) in [6, 6.07) is 17.7. The molecular weight excluding hydrogens is 274 g/mol. The largest absolute Gasteiger partial charge is 0.484 e. The van der Waals surface area contributed by atoms with Crippen LogP contribution in [-0.4, -0.2) is 10.2 Å². The predicted molar refractivity (Wildman–Crippen MR) is 88.7 cm³/mol. The molecule has 22 heavy (non-hydrogen) atoms. The van der Waals surface area contributed by atoms with E-state index >= 15 is 0 Å². The molecule has 0 radical (unpaired) electrons. The molecule has 0 bridgehead atoms. The molecule has 0 saturated carbocycles. The van der Waals surface area contributed by atoms with E-state index in [0.717, 1.165) is 28.4 Å². The second kappa shape index (κ2) is 5.93. The minimum atomic E-state index is -0.0993. The summed E-state index contributed by atoms with van der Waals surface area (Å²) in [5, 5.41) is 7.39. The molecule has 4 heteroatoms. The molecule has 3 aromatic rings.